The van der Waals surface area contributed by atoms with E-state index in [4.69, 9.17) is 4.74 Å². The number of hydrogen-bond donors (Lipinski definition) is 1. The Kier molecular flexibility index (Phi) is 16.1. The summed E-state index contributed by atoms with van der Waals surface area (Å²) in [5.41, 5.74) is 3.49. The molecule has 0 fully saturated rings. The number of ether oxygens (including phenoxy) is 1. The zero-order chi connectivity index (χ0) is 29.4. The standard InChI is InChI=1S/C30H38N6O4S.3ClH/c1-5-36-25-9-8-23(18-26(25)34(4)28(38)30(2,3)29(36)39)40-17-7-16-35(19-22-10-13-31-14-11-22)15-6-12-32-27(37)24-20-41-21-33-24;;;/h8-11,13-14,18,20-21H,5-7,12,15-17,19H2,1-4H3,(H,32,37);3*1H. The average molecular weight is 688 g/mol. The monoisotopic (exact) mass is 686 g/mol. The van der Waals surface area contributed by atoms with Gasteiger partial charge in [-0.15, -0.1) is 48.6 Å². The quantitative estimate of drug-likeness (QED) is 0.193. The van der Waals surface area contributed by atoms with E-state index in [-0.39, 0.29) is 54.9 Å². The largest absolute Gasteiger partial charge is 0.493 e. The molecule has 14 heteroatoms. The van der Waals surface area contributed by atoms with Gasteiger partial charge in [0.25, 0.3) is 5.91 Å². The molecular weight excluding hydrogens is 647 g/mol. The number of hydrogen-bond acceptors (Lipinski definition) is 8. The van der Waals surface area contributed by atoms with Crippen molar-refractivity contribution in [1.29, 1.82) is 0 Å². The molecule has 0 saturated carbocycles. The van der Waals surface area contributed by atoms with Crippen LogP contribution in [0.2, 0.25) is 0 Å². The highest BCUT2D eigenvalue weighted by molar-refractivity contribution is 7.07. The summed E-state index contributed by atoms with van der Waals surface area (Å²) < 4.78 is 6.10. The number of fused-ring (bicyclic) bond motifs is 1. The molecule has 1 aliphatic rings. The van der Waals surface area contributed by atoms with Crippen LogP contribution >= 0.6 is 48.6 Å². The number of halogens is 3. The molecule has 0 unspecified atom stereocenters. The van der Waals surface area contributed by atoms with Gasteiger partial charge in [0.1, 0.15) is 16.9 Å². The number of amides is 3. The van der Waals surface area contributed by atoms with Crippen molar-refractivity contribution in [3.63, 3.8) is 0 Å². The zero-order valence-corrected chi connectivity index (χ0v) is 28.6. The molecule has 2 aromatic heterocycles. The molecule has 3 aromatic rings. The number of carbonyl (C=O) groups is 3. The van der Waals surface area contributed by atoms with Crippen molar-refractivity contribution in [3.05, 3.63) is 64.9 Å². The number of nitrogens with one attached hydrogen (secondary N) is 1. The molecule has 4 rings (SSSR count). The van der Waals surface area contributed by atoms with Gasteiger partial charge in [0.2, 0.25) is 11.8 Å². The second-order valence-electron chi connectivity index (χ2n) is 10.5. The van der Waals surface area contributed by atoms with E-state index in [1.807, 2.05) is 37.3 Å². The van der Waals surface area contributed by atoms with Gasteiger partial charge in [-0.25, -0.2) is 4.98 Å². The van der Waals surface area contributed by atoms with Gasteiger partial charge in [-0.2, -0.15) is 0 Å². The summed E-state index contributed by atoms with van der Waals surface area (Å²) in [6.45, 7) is 9.16. The maximum absolute atomic E-state index is 13.1. The van der Waals surface area contributed by atoms with Gasteiger partial charge in [-0.3, -0.25) is 24.3 Å². The van der Waals surface area contributed by atoms with E-state index in [1.54, 1.807) is 54.0 Å². The molecular formula is C30H41Cl3N6O4S. The summed E-state index contributed by atoms with van der Waals surface area (Å²) in [6.07, 6.45) is 5.17. The fourth-order valence-electron chi connectivity index (χ4n) is 4.89. The summed E-state index contributed by atoms with van der Waals surface area (Å²) in [4.78, 5) is 52.1. The molecule has 1 aliphatic heterocycles. The fourth-order valence-corrected chi connectivity index (χ4v) is 5.42. The lowest BCUT2D eigenvalue weighted by atomic mass is 9.90. The van der Waals surface area contributed by atoms with Gasteiger partial charge in [-0.05, 0) is 63.4 Å². The van der Waals surface area contributed by atoms with Crippen LogP contribution in [0.5, 0.6) is 5.75 Å². The lowest BCUT2D eigenvalue weighted by Crippen LogP contribution is -2.47. The Balaban J connectivity index is 0.00000323. The smallest absolute Gasteiger partial charge is 0.270 e. The lowest BCUT2D eigenvalue weighted by molar-refractivity contribution is -0.137. The fraction of sp³-hybridized carbons (Fsp3) is 0.433. The second-order valence-corrected chi connectivity index (χ2v) is 11.2. The highest BCUT2D eigenvalue weighted by Crippen LogP contribution is 2.40. The Morgan fingerprint density at radius 3 is 2.39 bits per heavy atom. The van der Waals surface area contributed by atoms with Crippen molar-refractivity contribution >= 4 is 77.7 Å². The van der Waals surface area contributed by atoms with Crippen LogP contribution in [-0.2, 0) is 16.1 Å². The maximum Gasteiger partial charge on any atom is 0.270 e. The predicted octanol–water partition coefficient (Wildman–Crippen LogP) is 5.25. The number of anilines is 2. The van der Waals surface area contributed by atoms with Crippen LogP contribution in [0.4, 0.5) is 11.4 Å². The molecule has 1 N–H and O–H groups in total. The van der Waals surface area contributed by atoms with Gasteiger partial charge >= 0.3 is 0 Å². The van der Waals surface area contributed by atoms with Crippen LogP contribution in [0.1, 0.15) is 49.7 Å². The number of thiazole rings is 1. The molecule has 0 radical (unpaired) electrons. The molecule has 0 aliphatic carbocycles. The maximum atomic E-state index is 13.1. The molecule has 44 heavy (non-hydrogen) atoms. The molecule has 3 amide bonds. The number of aromatic nitrogens is 2. The molecule has 3 heterocycles. The van der Waals surface area contributed by atoms with Gasteiger partial charge < -0.3 is 19.9 Å². The number of nitrogens with zero attached hydrogens (tertiary/aromatic N) is 5. The van der Waals surface area contributed by atoms with E-state index in [0.717, 1.165) is 32.5 Å². The van der Waals surface area contributed by atoms with Crippen molar-refractivity contribution in [1.82, 2.24) is 20.2 Å². The van der Waals surface area contributed by atoms with E-state index in [1.165, 1.54) is 16.9 Å². The first-order chi connectivity index (χ1) is 19.7. The van der Waals surface area contributed by atoms with E-state index in [0.29, 0.717) is 42.5 Å². The minimum atomic E-state index is -1.15. The Morgan fingerprint density at radius 1 is 1.02 bits per heavy atom. The second kappa shape index (κ2) is 18.1. The summed E-state index contributed by atoms with van der Waals surface area (Å²) in [7, 11) is 1.70. The van der Waals surface area contributed by atoms with Crippen LogP contribution in [0.3, 0.4) is 0 Å². The number of rotatable bonds is 13. The third-order valence-corrected chi connectivity index (χ3v) is 7.77. The first-order valence-electron chi connectivity index (χ1n) is 13.9. The number of benzene rings is 1. The number of carbonyl (C=O) groups excluding carboxylic acids is 3. The normalized spacial score (nSPS) is 13.7. The molecule has 242 valence electrons. The van der Waals surface area contributed by atoms with Crippen LogP contribution in [-0.4, -0.2) is 72.4 Å². The summed E-state index contributed by atoms with van der Waals surface area (Å²) in [6, 6.07) is 9.56. The third-order valence-electron chi connectivity index (χ3n) is 7.18. The van der Waals surface area contributed by atoms with E-state index in [2.05, 4.69) is 20.2 Å². The van der Waals surface area contributed by atoms with Crippen LogP contribution < -0.4 is 19.9 Å². The van der Waals surface area contributed by atoms with Crippen molar-refractivity contribution in [2.75, 3.05) is 49.6 Å². The van der Waals surface area contributed by atoms with Crippen LogP contribution in [0.25, 0.3) is 0 Å². The highest BCUT2D eigenvalue weighted by Gasteiger charge is 2.45. The molecule has 10 nitrogen and oxygen atoms in total. The molecule has 0 spiro atoms. The third kappa shape index (κ3) is 9.52. The van der Waals surface area contributed by atoms with Crippen LogP contribution in [0, 0.1) is 5.41 Å². The summed E-state index contributed by atoms with van der Waals surface area (Å²) >= 11 is 1.40. The van der Waals surface area contributed by atoms with Gasteiger partial charge in [0, 0.05) is 63.6 Å². The van der Waals surface area contributed by atoms with Crippen LogP contribution in [0.15, 0.2) is 53.6 Å². The van der Waals surface area contributed by atoms with Crippen molar-refractivity contribution in [2.45, 2.75) is 40.2 Å². The van der Waals surface area contributed by atoms with Crippen molar-refractivity contribution < 1.29 is 19.1 Å². The first kappa shape index (κ1) is 39.1. The van der Waals surface area contributed by atoms with E-state index >= 15 is 0 Å². The Morgan fingerprint density at radius 2 is 1.73 bits per heavy atom. The topological polar surface area (TPSA) is 108 Å². The minimum Gasteiger partial charge on any atom is -0.493 e. The Hall–Kier alpha value is -2.96. The highest BCUT2D eigenvalue weighted by atomic mass is 35.5. The Labute approximate surface area is 281 Å². The lowest BCUT2D eigenvalue weighted by Gasteiger charge is -2.27. The molecule has 0 saturated heterocycles. The van der Waals surface area contributed by atoms with E-state index < -0.39 is 5.41 Å². The van der Waals surface area contributed by atoms with Gasteiger partial charge in [-0.1, -0.05) is 0 Å². The van der Waals surface area contributed by atoms with E-state index in [9.17, 15) is 14.4 Å². The summed E-state index contributed by atoms with van der Waals surface area (Å²) in [5.74, 6) is 0.0492. The Bertz CT molecular complexity index is 1350. The SMILES string of the molecule is CCN1C(=O)C(C)(C)C(=O)N(C)c2cc(OCCCN(CCCNC(=O)c3cscn3)Cc3ccncc3)ccc21.Cl.Cl.Cl. The predicted molar refractivity (Wildman–Crippen MR) is 182 cm³/mol. The molecule has 0 bridgehead atoms. The first-order valence-corrected chi connectivity index (χ1v) is 14.8. The minimum absolute atomic E-state index is 0. The zero-order valence-electron chi connectivity index (χ0n) is 25.4. The van der Waals surface area contributed by atoms with Crippen molar-refractivity contribution in [2.24, 2.45) is 5.41 Å². The van der Waals surface area contributed by atoms with Gasteiger partial charge in [0.15, 0.2) is 0 Å². The summed E-state index contributed by atoms with van der Waals surface area (Å²) in [5, 5.41) is 4.68. The van der Waals surface area contributed by atoms with Gasteiger partial charge in [0.05, 0.1) is 23.5 Å². The molecule has 0 atom stereocenters. The average Bonchev–Trinajstić information content (AvgIpc) is 3.51. The molecule has 1 aromatic carbocycles. The van der Waals surface area contributed by atoms with Crippen molar-refractivity contribution in [3.8, 4) is 5.75 Å². The number of pyridine rings is 1.